The summed E-state index contributed by atoms with van der Waals surface area (Å²) < 4.78 is 34.5. The van der Waals surface area contributed by atoms with Gasteiger partial charge >= 0.3 is 0 Å². The van der Waals surface area contributed by atoms with Crippen LogP contribution in [0.1, 0.15) is 47.1 Å². The lowest BCUT2D eigenvalue weighted by Crippen LogP contribution is -2.49. The lowest BCUT2D eigenvalue weighted by Gasteiger charge is -2.45. The molecule has 0 radical (unpaired) electrons. The molecule has 2 atom stereocenters. The maximum absolute atomic E-state index is 14.2. The van der Waals surface area contributed by atoms with Crippen LogP contribution in [0.25, 0.3) is 11.3 Å². The molecular formula is C25H22F2N4O2. The van der Waals surface area contributed by atoms with Crippen molar-refractivity contribution in [3.8, 4) is 11.3 Å². The minimum Gasteiger partial charge on any atom is -0.355 e. The zero-order valence-corrected chi connectivity index (χ0v) is 18.4. The third kappa shape index (κ3) is 3.42. The number of fused-ring (bicyclic) bond motifs is 1. The largest absolute Gasteiger partial charge is 0.355 e. The van der Waals surface area contributed by atoms with E-state index >= 15 is 0 Å². The molecule has 2 aromatic carbocycles. The topological polar surface area (TPSA) is 64.2 Å². The van der Waals surface area contributed by atoms with Crippen LogP contribution in [0.2, 0.25) is 0 Å². The van der Waals surface area contributed by atoms with Crippen LogP contribution in [0.5, 0.6) is 0 Å². The Hall–Kier alpha value is -3.81. The van der Waals surface area contributed by atoms with Crippen molar-refractivity contribution in [1.82, 2.24) is 19.8 Å². The van der Waals surface area contributed by atoms with E-state index in [0.717, 1.165) is 28.8 Å². The summed E-state index contributed by atoms with van der Waals surface area (Å²) in [5.74, 6) is -1.74. The molecule has 0 bridgehead atoms. The minimum atomic E-state index is -0.783. The number of carbonyl (C=O) groups is 1. The van der Waals surface area contributed by atoms with Crippen LogP contribution < -0.4 is 0 Å². The van der Waals surface area contributed by atoms with E-state index in [0.29, 0.717) is 6.54 Å². The Morgan fingerprint density at radius 3 is 2.70 bits per heavy atom. The normalized spacial score (nSPS) is 20.0. The van der Waals surface area contributed by atoms with Crippen molar-refractivity contribution in [2.75, 3.05) is 6.54 Å². The van der Waals surface area contributed by atoms with E-state index in [9.17, 15) is 13.6 Å². The maximum Gasteiger partial charge on any atom is 0.276 e. The Labute approximate surface area is 189 Å². The standard InChI is InChI=1S/C25H22F2N4O2/c1-15-18-6-4-5-7-20(18)25(2,16-12-28-30(3)13-16)14-31(15)24(32)22-11-23(33-29-22)19-9-8-17(26)10-21(19)27/h4-13,15H,14H2,1-3H3/t15-,25+/m1/s1. The molecule has 1 aliphatic heterocycles. The summed E-state index contributed by atoms with van der Waals surface area (Å²) in [6.07, 6.45) is 3.78. The average Bonchev–Trinajstić information content (AvgIpc) is 3.46. The van der Waals surface area contributed by atoms with Crippen molar-refractivity contribution in [2.45, 2.75) is 25.3 Å². The molecule has 0 saturated heterocycles. The first kappa shape index (κ1) is 21.1. The zero-order chi connectivity index (χ0) is 23.3. The predicted octanol–water partition coefficient (Wildman–Crippen LogP) is 4.88. The van der Waals surface area contributed by atoms with Gasteiger partial charge in [-0.15, -0.1) is 0 Å². The van der Waals surface area contributed by atoms with Gasteiger partial charge in [-0.2, -0.15) is 5.10 Å². The van der Waals surface area contributed by atoms with E-state index in [-0.39, 0.29) is 29.0 Å². The van der Waals surface area contributed by atoms with Crippen molar-refractivity contribution in [1.29, 1.82) is 0 Å². The molecule has 0 saturated carbocycles. The summed E-state index contributed by atoms with van der Waals surface area (Å²) in [4.78, 5) is 15.3. The van der Waals surface area contributed by atoms with E-state index < -0.39 is 17.0 Å². The summed E-state index contributed by atoms with van der Waals surface area (Å²) in [5.41, 5.74) is 2.80. The number of carbonyl (C=O) groups excluding carboxylic acids is 1. The van der Waals surface area contributed by atoms with Gasteiger partial charge in [0.05, 0.1) is 17.8 Å². The van der Waals surface area contributed by atoms with Crippen LogP contribution in [0.15, 0.2) is 65.4 Å². The molecule has 0 aliphatic carbocycles. The SMILES string of the molecule is C[C@@H]1c2ccccc2[C@](C)(c2cnn(C)c2)CN1C(=O)c1cc(-c2ccc(F)cc2F)on1. The Balaban J connectivity index is 1.53. The number of rotatable bonds is 3. The number of halogens is 2. The van der Waals surface area contributed by atoms with Crippen LogP contribution in [-0.4, -0.2) is 32.3 Å². The van der Waals surface area contributed by atoms with Crippen molar-refractivity contribution < 1.29 is 18.1 Å². The summed E-state index contributed by atoms with van der Waals surface area (Å²) in [6, 6.07) is 12.4. The van der Waals surface area contributed by atoms with Crippen LogP contribution in [-0.2, 0) is 12.5 Å². The van der Waals surface area contributed by atoms with Gasteiger partial charge in [-0.05, 0) is 37.1 Å². The van der Waals surface area contributed by atoms with Crippen molar-refractivity contribution in [3.63, 3.8) is 0 Å². The number of nitrogens with zero attached hydrogens (tertiary/aromatic N) is 4. The maximum atomic E-state index is 14.2. The Morgan fingerprint density at radius 2 is 1.97 bits per heavy atom. The lowest BCUT2D eigenvalue weighted by molar-refractivity contribution is 0.0616. The molecule has 1 amide bonds. The second kappa shape index (κ2) is 7.65. The second-order valence-corrected chi connectivity index (χ2v) is 8.63. The average molecular weight is 448 g/mol. The number of aryl methyl sites for hydroxylation is 1. The minimum absolute atomic E-state index is 0.0418. The highest BCUT2D eigenvalue weighted by Crippen LogP contribution is 2.44. The third-order valence-electron chi connectivity index (χ3n) is 6.49. The Bertz CT molecular complexity index is 1360. The highest BCUT2D eigenvalue weighted by atomic mass is 19.1. The molecule has 4 aromatic rings. The molecular weight excluding hydrogens is 426 g/mol. The first-order chi connectivity index (χ1) is 15.8. The molecule has 5 rings (SSSR count). The first-order valence-electron chi connectivity index (χ1n) is 10.6. The Morgan fingerprint density at radius 1 is 1.18 bits per heavy atom. The number of hydrogen-bond donors (Lipinski definition) is 0. The molecule has 0 fully saturated rings. The molecule has 0 unspecified atom stereocenters. The number of hydrogen-bond acceptors (Lipinski definition) is 4. The summed E-state index contributed by atoms with van der Waals surface area (Å²) >= 11 is 0. The van der Waals surface area contributed by atoms with Gasteiger partial charge in [-0.25, -0.2) is 8.78 Å². The zero-order valence-electron chi connectivity index (χ0n) is 18.4. The lowest BCUT2D eigenvalue weighted by atomic mass is 9.71. The molecule has 8 heteroatoms. The van der Waals surface area contributed by atoms with Gasteiger partial charge in [-0.3, -0.25) is 9.48 Å². The van der Waals surface area contributed by atoms with Gasteiger partial charge < -0.3 is 9.42 Å². The van der Waals surface area contributed by atoms with Crippen molar-refractivity contribution in [2.24, 2.45) is 7.05 Å². The molecule has 2 aromatic heterocycles. The molecule has 0 spiro atoms. The third-order valence-corrected chi connectivity index (χ3v) is 6.49. The van der Waals surface area contributed by atoms with Crippen molar-refractivity contribution in [3.05, 3.63) is 94.9 Å². The predicted molar refractivity (Wildman–Crippen MR) is 117 cm³/mol. The molecule has 0 N–H and O–H groups in total. The van der Waals surface area contributed by atoms with E-state index in [1.54, 1.807) is 9.58 Å². The van der Waals surface area contributed by atoms with Crippen LogP contribution in [0.3, 0.4) is 0 Å². The molecule has 3 heterocycles. The molecule has 168 valence electrons. The van der Waals surface area contributed by atoms with Gasteiger partial charge in [0.2, 0.25) is 0 Å². The van der Waals surface area contributed by atoms with Crippen LogP contribution in [0, 0.1) is 11.6 Å². The number of aromatic nitrogens is 3. The van der Waals surface area contributed by atoms with Gasteiger partial charge in [0.15, 0.2) is 11.5 Å². The van der Waals surface area contributed by atoms with E-state index in [4.69, 9.17) is 4.52 Å². The molecule has 1 aliphatic rings. The smallest absolute Gasteiger partial charge is 0.276 e. The van der Waals surface area contributed by atoms with Gasteiger partial charge in [-0.1, -0.05) is 29.4 Å². The Kier molecular flexibility index (Phi) is 4.88. The second-order valence-electron chi connectivity index (χ2n) is 8.63. The highest BCUT2D eigenvalue weighted by molar-refractivity contribution is 5.94. The van der Waals surface area contributed by atoms with E-state index in [2.05, 4.69) is 23.2 Å². The van der Waals surface area contributed by atoms with Gasteiger partial charge in [0, 0.05) is 42.9 Å². The highest BCUT2D eigenvalue weighted by Gasteiger charge is 2.43. The fourth-order valence-electron chi connectivity index (χ4n) is 4.63. The van der Waals surface area contributed by atoms with Crippen LogP contribution in [0.4, 0.5) is 8.78 Å². The van der Waals surface area contributed by atoms with Gasteiger partial charge in [0.25, 0.3) is 5.91 Å². The number of amides is 1. The fraction of sp³-hybridized carbons (Fsp3) is 0.240. The summed E-state index contributed by atoms with van der Waals surface area (Å²) in [5, 5.41) is 8.24. The van der Waals surface area contributed by atoms with Gasteiger partial charge in [0.1, 0.15) is 11.6 Å². The van der Waals surface area contributed by atoms with Crippen molar-refractivity contribution >= 4 is 5.91 Å². The quantitative estimate of drug-likeness (QED) is 0.448. The van der Waals surface area contributed by atoms with E-state index in [1.807, 2.05) is 44.6 Å². The monoisotopic (exact) mass is 448 g/mol. The fourth-order valence-corrected chi connectivity index (χ4v) is 4.63. The summed E-state index contributed by atoms with van der Waals surface area (Å²) in [6.45, 7) is 4.47. The molecule has 6 nitrogen and oxygen atoms in total. The van der Waals surface area contributed by atoms with Crippen LogP contribution >= 0.6 is 0 Å². The van der Waals surface area contributed by atoms with E-state index in [1.165, 1.54) is 12.1 Å². The number of benzene rings is 2. The first-order valence-corrected chi connectivity index (χ1v) is 10.6. The summed E-state index contributed by atoms with van der Waals surface area (Å²) in [7, 11) is 1.86. The molecule has 33 heavy (non-hydrogen) atoms.